The highest BCUT2D eigenvalue weighted by atomic mass is 16.7. The maximum Gasteiger partial charge on any atom is 0.169 e. The van der Waals surface area contributed by atoms with Crippen LogP contribution in [0.2, 0.25) is 0 Å². The summed E-state index contributed by atoms with van der Waals surface area (Å²) >= 11 is 0. The molecule has 6 fully saturated rings. The van der Waals surface area contributed by atoms with E-state index >= 15 is 0 Å². The van der Waals surface area contributed by atoms with Gasteiger partial charge >= 0.3 is 0 Å². The van der Waals surface area contributed by atoms with E-state index in [1.807, 2.05) is 0 Å². The third-order valence-corrected chi connectivity index (χ3v) is 10.7. The molecule has 6 aliphatic rings. The summed E-state index contributed by atoms with van der Waals surface area (Å²) in [5.41, 5.74) is 0.109. The molecule has 4 saturated carbocycles. The molecule has 0 aromatic carbocycles. The van der Waals surface area contributed by atoms with Crippen LogP contribution in [0, 0.1) is 40.4 Å². The molecule has 6 rings (SSSR count). The Bertz CT molecular complexity index is 723. The fourth-order valence-corrected chi connectivity index (χ4v) is 9.36. The van der Waals surface area contributed by atoms with E-state index in [0.29, 0.717) is 49.1 Å². The van der Waals surface area contributed by atoms with Crippen molar-refractivity contribution < 1.29 is 23.7 Å². The lowest BCUT2D eigenvalue weighted by molar-refractivity contribution is -0.234. The Labute approximate surface area is 180 Å². The van der Waals surface area contributed by atoms with Crippen molar-refractivity contribution in [2.45, 2.75) is 83.7 Å². The number of rotatable bonds is 1. The first-order chi connectivity index (χ1) is 14.3. The molecule has 30 heavy (non-hydrogen) atoms. The van der Waals surface area contributed by atoms with Crippen LogP contribution in [0.3, 0.4) is 0 Å². The molecule has 0 aromatic rings. The van der Waals surface area contributed by atoms with E-state index in [2.05, 4.69) is 20.8 Å². The number of fused-ring (bicyclic) bond motifs is 5. The average Bonchev–Trinajstić information content (AvgIpc) is 3.41. The molecule has 2 heterocycles. The van der Waals surface area contributed by atoms with Crippen LogP contribution in [0.4, 0.5) is 0 Å². The molecule has 5 heteroatoms. The molecule has 0 bridgehead atoms. The van der Waals surface area contributed by atoms with Crippen molar-refractivity contribution in [2.75, 3.05) is 26.4 Å². The minimum atomic E-state index is -0.508. The predicted molar refractivity (Wildman–Crippen MR) is 111 cm³/mol. The van der Waals surface area contributed by atoms with Crippen LogP contribution in [0.15, 0.2) is 0 Å². The third-order valence-electron chi connectivity index (χ3n) is 10.7. The van der Waals surface area contributed by atoms with Gasteiger partial charge in [-0.1, -0.05) is 13.8 Å². The quantitative estimate of drug-likeness (QED) is 0.634. The molecular weight excluding hydrogens is 380 g/mol. The second kappa shape index (κ2) is 6.52. The van der Waals surface area contributed by atoms with Gasteiger partial charge < -0.3 is 18.9 Å². The van der Waals surface area contributed by atoms with Crippen molar-refractivity contribution in [1.82, 2.24) is 0 Å². The number of hydrogen-bond donors (Lipinski definition) is 0. The predicted octanol–water partition coefficient (Wildman–Crippen LogP) is 4.33. The number of carbonyl (C=O) groups is 1. The Balaban J connectivity index is 1.29. The van der Waals surface area contributed by atoms with Gasteiger partial charge in [0.15, 0.2) is 11.6 Å². The largest absolute Gasteiger partial charge is 0.348 e. The average molecular weight is 419 g/mol. The van der Waals surface area contributed by atoms with E-state index in [9.17, 15) is 4.79 Å². The van der Waals surface area contributed by atoms with Crippen LogP contribution >= 0.6 is 0 Å². The number of ether oxygens (including phenoxy) is 4. The topological polar surface area (TPSA) is 54.0 Å². The third kappa shape index (κ3) is 2.58. The summed E-state index contributed by atoms with van der Waals surface area (Å²) < 4.78 is 24.4. The molecule has 1 spiro atoms. The summed E-state index contributed by atoms with van der Waals surface area (Å²) in [7, 11) is 0. The van der Waals surface area contributed by atoms with Gasteiger partial charge in [-0.2, -0.15) is 0 Å². The van der Waals surface area contributed by atoms with Gasteiger partial charge in [0.05, 0.1) is 26.4 Å². The molecule has 7 atom stereocenters. The lowest BCUT2D eigenvalue weighted by Gasteiger charge is -2.61. The molecule has 0 radical (unpaired) electrons. The van der Waals surface area contributed by atoms with E-state index in [0.717, 1.165) is 38.9 Å². The Morgan fingerprint density at radius 1 is 0.800 bits per heavy atom. The summed E-state index contributed by atoms with van der Waals surface area (Å²) in [5, 5.41) is 0. The van der Waals surface area contributed by atoms with Gasteiger partial charge in [-0.05, 0) is 67.6 Å². The number of ketones is 1. The van der Waals surface area contributed by atoms with E-state index in [1.54, 1.807) is 0 Å². The van der Waals surface area contributed by atoms with Crippen LogP contribution in [-0.4, -0.2) is 43.8 Å². The lowest BCUT2D eigenvalue weighted by atomic mass is 9.44. The minimum absolute atomic E-state index is 0.00804. The molecule has 0 N–H and O–H groups in total. The first kappa shape index (κ1) is 20.1. The van der Waals surface area contributed by atoms with Gasteiger partial charge in [-0.15, -0.1) is 0 Å². The van der Waals surface area contributed by atoms with Crippen LogP contribution in [-0.2, 0) is 23.7 Å². The second-order valence-electron chi connectivity index (χ2n) is 11.8. The summed E-state index contributed by atoms with van der Waals surface area (Å²) in [4.78, 5) is 13.9. The first-order valence-electron chi connectivity index (χ1n) is 12.4. The van der Waals surface area contributed by atoms with Gasteiger partial charge in [0.2, 0.25) is 0 Å². The minimum Gasteiger partial charge on any atom is -0.348 e. The Kier molecular flexibility index (Phi) is 4.38. The normalized spacial score (nSPS) is 51.6. The zero-order valence-corrected chi connectivity index (χ0v) is 18.9. The molecule has 2 saturated heterocycles. The van der Waals surface area contributed by atoms with Crippen LogP contribution < -0.4 is 0 Å². The summed E-state index contributed by atoms with van der Waals surface area (Å²) in [6.07, 6.45) is 8.41. The highest BCUT2D eigenvalue weighted by Gasteiger charge is 2.67. The number of hydrogen-bond acceptors (Lipinski definition) is 5. The van der Waals surface area contributed by atoms with Crippen molar-refractivity contribution >= 4 is 5.78 Å². The fourth-order valence-electron chi connectivity index (χ4n) is 9.36. The van der Waals surface area contributed by atoms with Crippen LogP contribution in [0.25, 0.3) is 0 Å². The molecule has 0 aromatic heterocycles. The van der Waals surface area contributed by atoms with Crippen molar-refractivity contribution in [3.05, 3.63) is 0 Å². The molecule has 4 aliphatic carbocycles. The Morgan fingerprint density at radius 3 is 2.23 bits per heavy atom. The Morgan fingerprint density at radius 2 is 1.50 bits per heavy atom. The number of carbonyl (C=O) groups excluding carboxylic acids is 1. The monoisotopic (exact) mass is 418 g/mol. The zero-order valence-electron chi connectivity index (χ0n) is 18.9. The Hall–Kier alpha value is -0.490. The molecular formula is C25H38O5. The standard InChI is InChI=1S/C25H38O5/c1-22-8-9-25(29-12-13-30-25)14-16(22)4-5-17-18-6-7-20(24(3)27-10-11-28-24)23(18,2)15-19(26)21(17)22/h16-18,20-21H,4-15H2,1-3H3/t16-,17-,18-,20-,21+,22+,23-/m1/s1. The molecule has 168 valence electrons. The summed E-state index contributed by atoms with van der Waals surface area (Å²) in [5.74, 6) is 1.86. The molecule has 5 nitrogen and oxygen atoms in total. The van der Waals surface area contributed by atoms with Crippen LogP contribution in [0.5, 0.6) is 0 Å². The second-order valence-corrected chi connectivity index (χ2v) is 11.8. The summed E-state index contributed by atoms with van der Waals surface area (Å²) in [6.45, 7) is 9.73. The highest BCUT2D eigenvalue weighted by Crippen LogP contribution is 2.68. The van der Waals surface area contributed by atoms with Gasteiger partial charge in [-0.25, -0.2) is 0 Å². The fraction of sp³-hybridized carbons (Fsp3) is 0.960. The van der Waals surface area contributed by atoms with E-state index in [1.165, 1.54) is 19.3 Å². The van der Waals surface area contributed by atoms with Crippen molar-refractivity contribution in [2.24, 2.45) is 40.4 Å². The van der Waals surface area contributed by atoms with Gasteiger partial charge in [0.25, 0.3) is 0 Å². The highest BCUT2D eigenvalue weighted by molar-refractivity contribution is 5.84. The SMILES string of the molecule is CC1([C@@H]2CC[C@@H]3[C@H]4CC[C@@H]5CC6(CC[C@]5(C)[C@@H]4C(=O)C[C@]32C)OCCO6)OCCO1. The van der Waals surface area contributed by atoms with Crippen molar-refractivity contribution in [3.8, 4) is 0 Å². The maximum absolute atomic E-state index is 13.9. The lowest BCUT2D eigenvalue weighted by Crippen LogP contribution is -2.60. The van der Waals surface area contributed by atoms with Crippen LogP contribution in [0.1, 0.15) is 72.1 Å². The van der Waals surface area contributed by atoms with E-state index in [4.69, 9.17) is 18.9 Å². The van der Waals surface area contributed by atoms with Gasteiger partial charge in [-0.3, -0.25) is 4.79 Å². The van der Waals surface area contributed by atoms with Crippen molar-refractivity contribution in [1.29, 1.82) is 0 Å². The molecule has 0 unspecified atom stereocenters. The number of Topliss-reactive ketones (excluding diaryl/α,β-unsaturated/α-hetero) is 1. The molecule has 0 amide bonds. The maximum atomic E-state index is 13.9. The van der Waals surface area contributed by atoms with Crippen molar-refractivity contribution in [3.63, 3.8) is 0 Å². The van der Waals surface area contributed by atoms with Gasteiger partial charge in [0, 0.05) is 31.1 Å². The van der Waals surface area contributed by atoms with E-state index < -0.39 is 5.79 Å². The van der Waals surface area contributed by atoms with Gasteiger partial charge in [0.1, 0.15) is 5.78 Å². The summed E-state index contributed by atoms with van der Waals surface area (Å²) in [6, 6.07) is 0. The smallest absolute Gasteiger partial charge is 0.169 e. The first-order valence-corrected chi connectivity index (χ1v) is 12.4. The molecule has 2 aliphatic heterocycles. The van der Waals surface area contributed by atoms with E-state index in [-0.39, 0.29) is 22.5 Å². The zero-order chi connectivity index (χ0) is 20.8.